The van der Waals surface area contributed by atoms with Crippen molar-refractivity contribution in [3.8, 4) is 0 Å². The van der Waals surface area contributed by atoms with Crippen LogP contribution in [0.3, 0.4) is 0 Å². The molecule has 0 spiro atoms. The molecule has 17 heavy (non-hydrogen) atoms. The van der Waals surface area contributed by atoms with Crippen molar-refractivity contribution < 1.29 is 0 Å². The van der Waals surface area contributed by atoms with Crippen LogP contribution in [0.4, 0.5) is 17.2 Å². The van der Waals surface area contributed by atoms with Crippen LogP contribution in [-0.2, 0) is 0 Å². The van der Waals surface area contributed by atoms with Crippen LogP contribution in [-0.4, -0.2) is 4.98 Å². The molecule has 0 aliphatic heterocycles. The van der Waals surface area contributed by atoms with Gasteiger partial charge in [-0.25, -0.2) is 4.98 Å². The van der Waals surface area contributed by atoms with E-state index in [1.54, 1.807) is 6.20 Å². The minimum atomic E-state index is 0.755. The first-order chi connectivity index (χ1) is 8.08. The van der Waals surface area contributed by atoms with E-state index in [0.29, 0.717) is 0 Å². The third kappa shape index (κ3) is 2.69. The first-order valence-corrected chi connectivity index (χ1v) is 6.40. The van der Waals surface area contributed by atoms with E-state index in [4.69, 9.17) is 5.73 Å². The maximum atomic E-state index is 5.86. The minimum absolute atomic E-state index is 0.755. The number of aromatic nitrogens is 1. The molecule has 1 aromatic heterocycles. The standard InChI is InChI=1S/C13H14IN3/c1-8-7-16-13(6-11(8)15)17-12-5-3-4-10(14)9(12)2/h3-7H,1-2H3,(H3,15,16,17). The second-order valence-corrected chi connectivity index (χ2v) is 5.13. The van der Waals surface area contributed by atoms with Crippen molar-refractivity contribution in [1.29, 1.82) is 0 Å². The van der Waals surface area contributed by atoms with E-state index in [0.717, 1.165) is 22.8 Å². The summed E-state index contributed by atoms with van der Waals surface area (Å²) in [4.78, 5) is 4.31. The molecule has 0 aliphatic rings. The molecule has 2 aromatic rings. The summed E-state index contributed by atoms with van der Waals surface area (Å²) < 4.78 is 1.23. The Bertz CT molecular complexity index is 552. The number of hydrogen-bond donors (Lipinski definition) is 2. The molecule has 3 nitrogen and oxygen atoms in total. The summed E-state index contributed by atoms with van der Waals surface area (Å²) in [6.07, 6.45) is 1.78. The third-order valence-electron chi connectivity index (χ3n) is 2.68. The zero-order chi connectivity index (χ0) is 12.4. The first kappa shape index (κ1) is 12.2. The second kappa shape index (κ2) is 4.91. The van der Waals surface area contributed by atoms with Gasteiger partial charge in [-0.2, -0.15) is 0 Å². The van der Waals surface area contributed by atoms with E-state index in [1.807, 2.05) is 25.1 Å². The van der Waals surface area contributed by atoms with E-state index in [9.17, 15) is 0 Å². The van der Waals surface area contributed by atoms with Gasteiger partial charge in [0, 0.05) is 27.2 Å². The number of nitrogens with one attached hydrogen (secondary N) is 1. The SMILES string of the molecule is Cc1cnc(Nc2cccc(I)c2C)cc1N. The highest BCUT2D eigenvalue weighted by Crippen LogP contribution is 2.24. The molecular weight excluding hydrogens is 325 g/mol. The number of pyridine rings is 1. The van der Waals surface area contributed by atoms with Crippen LogP contribution in [0.25, 0.3) is 0 Å². The molecule has 0 bridgehead atoms. The van der Waals surface area contributed by atoms with E-state index in [2.05, 4.69) is 45.9 Å². The Morgan fingerprint density at radius 1 is 1.29 bits per heavy atom. The molecule has 0 amide bonds. The third-order valence-corrected chi connectivity index (χ3v) is 3.84. The first-order valence-electron chi connectivity index (χ1n) is 5.32. The summed E-state index contributed by atoms with van der Waals surface area (Å²) in [5.74, 6) is 0.776. The molecule has 0 saturated heterocycles. The molecule has 1 aromatic carbocycles. The van der Waals surface area contributed by atoms with Crippen LogP contribution in [0.1, 0.15) is 11.1 Å². The van der Waals surface area contributed by atoms with Crippen molar-refractivity contribution in [3.05, 3.63) is 45.2 Å². The van der Waals surface area contributed by atoms with Crippen molar-refractivity contribution in [1.82, 2.24) is 4.98 Å². The number of hydrogen-bond acceptors (Lipinski definition) is 3. The van der Waals surface area contributed by atoms with E-state index < -0.39 is 0 Å². The van der Waals surface area contributed by atoms with Crippen LogP contribution in [0.2, 0.25) is 0 Å². The number of nitrogens with two attached hydrogens (primary N) is 1. The van der Waals surface area contributed by atoms with Crippen molar-refractivity contribution in [2.75, 3.05) is 11.1 Å². The van der Waals surface area contributed by atoms with Crippen molar-refractivity contribution >= 4 is 39.8 Å². The molecule has 0 radical (unpaired) electrons. The quantitative estimate of drug-likeness (QED) is 0.822. The van der Waals surface area contributed by atoms with Crippen LogP contribution in [0, 0.1) is 17.4 Å². The highest BCUT2D eigenvalue weighted by molar-refractivity contribution is 14.1. The average Bonchev–Trinajstić information content (AvgIpc) is 2.30. The number of halogens is 1. The molecule has 0 unspecified atom stereocenters. The lowest BCUT2D eigenvalue weighted by atomic mass is 10.2. The Morgan fingerprint density at radius 3 is 2.76 bits per heavy atom. The van der Waals surface area contributed by atoms with Crippen LogP contribution >= 0.6 is 22.6 Å². The van der Waals surface area contributed by atoms with Gasteiger partial charge in [0.05, 0.1) is 0 Å². The number of nitrogens with zero attached hydrogens (tertiary/aromatic N) is 1. The van der Waals surface area contributed by atoms with Crippen LogP contribution in [0.15, 0.2) is 30.5 Å². The van der Waals surface area contributed by atoms with Crippen LogP contribution < -0.4 is 11.1 Å². The second-order valence-electron chi connectivity index (χ2n) is 3.96. The van der Waals surface area contributed by atoms with Gasteiger partial charge >= 0.3 is 0 Å². The Balaban J connectivity index is 2.31. The Labute approximate surface area is 115 Å². The lowest BCUT2D eigenvalue weighted by Gasteiger charge is -2.11. The molecule has 3 N–H and O–H groups in total. The Kier molecular flexibility index (Phi) is 3.51. The maximum absolute atomic E-state index is 5.86. The Morgan fingerprint density at radius 2 is 2.06 bits per heavy atom. The van der Waals surface area contributed by atoms with Crippen LogP contribution in [0.5, 0.6) is 0 Å². The zero-order valence-electron chi connectivity index (χ0n) is 9.79. The molecular formula is C13H14IN3. The van der Waals surface area contributed by atoms with Gasteiger partial charge < -0.3 is 11.1 Å². The normalized spacial score (nSPS) is 10.3. The lowest BCUT2D eigenvalue weighted by Crippen LogP contribution is -1.99. The molecule has 4 heteroatoms. The number of benzene rings is 1. The van der Waals surface area contributed by atoms with Gasteiger partial charge in [-0.15, -0.1) is 0 Å². The summed E-state index contributed by atoms with van der Waals surface area (Å²) in [6.45, 7) is 4.03. The van der Waals surface area contributed by atoms with Crippen molar-refractivity contribution in [3.63, 3.8) is 0 Å². The fourth-order valence-corrected chi connectivity index (χ4v) is 1.99. The minimum Gasteiger partial charge on any atom is -0.398 e. The molecule has 88 valence electrons. The predicted octanol–water partition coefficient (Wildman–Crippen LogP) is 3.63. The van der Waals surface area contributed by atoms with Gasteiger partial charge in [-0.3, -0.25) is 0 Å². The van der Waals surface area contributed by atoms with Gasteiger partial charge in [-0.05, 0) is 59.7 Å². The lowest BCUT2D eigenvalue weighted by molar-refractivity contribution is 1.25. The predicted molar refractivity (Wildman–Crippen MR) is 80.6 cm³/mol. The van der Waals surface area contributed by atoms with E-state index >= 15 is 0 Å². The molecule has 0 saturated carbocycles. The average molecular weight is 339 g/mol. The fourth-order valence-electron chi connectivity index (χ4n) is 1.49. The summed E-state index contributed by atoms with van der Waals surface area (Å²) in [6, 6.07) is 8.00. The number of nitrogen functional groups attached to an aromatic ring is 1. The highest BCUT2D eigenvalue weighted by atomic mass is 127. The highest BCUT2D eigenvalue weighted by Gasteiger charge is 2.03. The number of rotatable bonds is 2. The molecule has 2 rings (SSSR count). The van der Waals surface area contributed by atoms with Crippen molar-refractivity contribution in [2.24, 2.45) is 0 Å². The van der Waals surface area contributed by atoms with Gasteiger partial charge in [0.15, 0.2) is 0 Å². The monoisotopic (exact) mass is 339 g/mol. The topological polar surface area (TPSA) is 50.9 Å². The fraction of sp³-hybridized carbons (Fsp3) is 0.154. The number of anilines is 3. The smallest absolute Gasteiger partial charge is 0.132 e. The molecule has 0 atom stereocenters. The molecule has 1 heterocycles. The van der Waals surface area contributed by atoms with Gasteiger partial charge in [0.2, 0.25) is 0 Å². The molecule has 0 fully saturated rings. The zero-order valence-corrected chi connectivity index (χ0v) is 11.9. The van der Waals surface area contributed by atoms with Gasteiger partial charge in [-0.1, -0.05) is 6.07 Å². The summed E-state index contributed by atoms with van der Waals surface area (Å²) in [7, 11) is 0. The van der Waals surface area contributed by atoms with Gasteiger partial charge in [0.1, 0.15) is 5.82 Å². The van der Waals surface area contributed by atoms with Crippen molar-refractivity contribution in [2.45, 2.75) is 13.8 Å². The summed E-state index contributed by atoms with van der Waals surface area (Å²) in [5, 5.41) is 3.29. The Hall–Kier alpha value is -1.30. The van der Waals surface area contributed by atoms with Gasteiger partial charge in [0.25, 0.3) is 0 Å². The van der Waals surface area contributed by atoms with E-state index in [-0.39, 0.29) is 0 Å². The maximum Gasteiger partial charge on any atom is 0.132 e. The number of aryl methyl sites for hydroxylation is 1. The summed E-state index contributed by atoms with van der Waals surface area (Å²) >= 11 is 2.32. The van der Waals surface area contributed by atoms with E-state index in [1.165, 1.54) is 9.13 Å². The molecule has 0 aliphatic carbocycles. The summed E-state index contributed by atoms with van der Waals surface area (Å²) in [5.41, 5.74) is 9.89. The largest absolute Gasteiger partial charge is 0.398 e.